The summed E-state index contributed by atoms with van der Waals surface area (Å²) in [6.45, 7) is 2.17. The van der Waals surface area contributed by atoms with Crippen LogP contribution in [0.15, 0.2) is 15.8 Å². The number of rotatable bonds is 6. The molecule has 0 bridgehead atoms. The van der Waals surface area contributed by atoms with Gasteiger partial charge in [-0.2, -0.15) is 0 Å². The molecule has 0 aliphatic carbocycles. The minimum atomic E-state index is -0.621. The van der Waals surface area contributed by atoms with Crippen molar-refractivity contribution >= 4 is 5.97 Å². The summed E-state index contributed by atoms with van der Waals surface area (Å²) in [5.41, 5.74) is 4.74. The van der Waals surface area contributed by atoms with Crippen molar-refractivity contribution in [2.75, 3.05) is 13.2 Å². The summed E-state index contributed by atoms with van der Waals surface area (Å²) in [5.74, 6) is -0.517. The first-order valence-corrected chi connectivity index (χ1v) is 5.76. The first-order valence-electron chi connectivity index (χ1n) is 5.76. The van der Waals surface area contributed by atoms with Gasteiger partial charge in [-0.3, -0.25) is 19.1 Å². The highest BCUT2D eigenvalue weighted by Gasteiger charge is 2.08. The molecule has 0 amide bonds. The predicted molar refractivity (Wildman–Crippen MR) is 65.3 cm³/mol. The van der Waals surface area contributed by atoms with Crippen molar-refractivity contribution in [3.05, 3.63) is 32.6 Å². The smallest absolute Gasteiger partial charge is 0.328 e. The Kier molecular flexibility index (Phi) is 5.31. The maximum Gasteiger partial charge on any atom is 0.328 e. The SMILES string of the molecule is CCOC(=O)Cn1cc(CCCN)c(=O)[nH]c1=O. The average Bonchev–Trinajstić information content (AvgIpc) is 2.31. The summed E-state index contributed by atoms with van der Waals surface area (Å²) in [7, 11) is 0. The molecule has 0 unspecified atom stereocenters. The van der Waals surface area contributed by atoms with Gasteiger partial charge >= 0.3 is 11.7 Å². The van der Waals surface area contributed by atoms with E-state index in [0.717, 1.165) is 4.57 Å². The van der Waals surface area contributed by atoms with Crippen LogP contribution in [-0.4, -0.2) is 28.7 Å². The molecule has 1 rings (SSSR count). The second kappa shape index (κ2) is 6.75. The van der Waals surface area contributed by atoms with E-state index in [1.165, 1.54) is 6.20 Å². The molecule has 0 aliphatic rings. The molecule has 1 aromatic rings. The fourth-order valence-corrected chi connectivity index (χ4v) is 1.49. The lowest BCUT2D eigenvalue weighted by atomic mass is 10.2. The van der Waals surface area contributed by atoms with Crippen LogP contribution in [0.3, 0.4) is 0 Å². The van der Waals surface area contributed by atoms with Crippen molar-refractivity contribution in [3.8, 4) is 0 Å². The van der Waals surface area contributed by atoms with Crippen molar-refractivity contribution in [2.24, 2.45) is 5.73 Å². The Morgan fingerprint density at radius 2 is 2.22 bits per heavy atom. The number of hydrogen-bond donors (Lipinski definition) is 2. The van der Waals surface area contributed by atoms with Gasteiger partial charge in [-0.25, -0.2) is 4.79 Å². The number of nitrogens with two attached hydrogens (primary N) is 1. The van der Waals surface area contributed by atoms with Gasteiger partial charge in [0.25, 0.3) is 5.56 Å². The zero-order valence-electron chi connectivity index (χ0n) is 10.3. The molecular weight excluding hydrogens is 238 g/mol. The maximum absolute atomic E-state index is 11.5. The number of carbonyl (C=O) groups is 1. The number of esters is 1. The van der Waals surface area contributed by atoms with Gasteiger partial charge < -0.3 is 10.5 Å². The first-order chi connectivity index (χ1) is 8.58. The largest absolute Gasteiger partial charge is 0.465 e. The summed E-state index contributed by atoms with van der Waals surface area (Å²) in [4.78, 5) is 36.4. The summed E-state index contributed by atoms with van der Waals surface area (Å²) in [6, 6.07) is 0. The van der Waals surface area contributed by atoms with Crippen LogP contribution in [0.1, 0.15) is 18.9 Å². The fourth-order valence-electron chi connectivity index (χ4n) is 1.49. The lowest BCUT2D eigenvalue weighted by molar-refractivity contribution is -0.143. The zero-order valence-corrected chi connectivity index (χ0v) is 10.3. The molecule has 1 aromatic heterocycles. The van der Waals surface area contributed by atoms with E-state index in [-0.39, 0.29) is 13.2 Å². The topological polar surface area (TPSA) is 107 Å². The molecule has 1 heterocycles. The number of nitrogens with zero attached hydrogens (tertiary/aromatic N) is 1. The van der Waals surface area contributed by atoms with E-state index in [4.69, 9.17) is 10.5 Å². The van der Waals surface area contributed by atoms with Gasteiger partial charge in [0.1, 0.15) is 6.54 Å². The third-order valence-corrected chi connectivity index (χ3v) is 2.34. The van der Waals surface area contributed by atoms with Gasteiger partial charge in [-0.15, -0.1) is 0 Å². The van der Waals surface area contributed by atoms with E-state index in [2.05, 4.69) is 4.98 Å². The highest BCUT2D eigenvalue weighted by molar-refractivity contribution is 5.69. The van der Waals surface area contributed by atoms with Crippen LogP contribution in [0.4, 0.5) is 0 Å². The third kappa shape index (κ3) is 3.85. The number of carbonyl (C=O) groups excluding carboxylic acids is 1. The van der Waals surface area contributed by atoms with Gasteiger partial charge in [0.15, 0.2) is 0 Å². The van der Waals surface area contributed by atoms with Crippen LogP contribution < -0.4 is 17.0 Å². The predicted octanol–water partition coefficient (Wildman–Crippen LogP) is -1.01. The molecule has 0 radical (unpaired) electrons. The molecule has 18 heavy (non-hydrogen) atoms. The minimum Gasteiger partial charge on any atom is -0.465 e. The number of ether oxygens (including phenoxy) is 1. The minimum absolute atomic E-state index is 0.209. The number of aryl methyl sites for hydroxylation is 1. The second-order valence-electron chi connectivity index (χ2n) is 3.74. The van der Waals surface area contributed by atoms with Crippen LogP contribution in [-0.2, 0) is 22.5 Å². The quantitative estimate of drug-likeness (QED) is 0.633. The van der Waals surface area contributed by atoms with Crippen LogP contribution in [0.5, 0.6) is 0 Å². The van der Waals surface area contributed by atoms with E-state index in [9.17, 15) is 14.4 Å². The Balaban J connectivity index is 2.94. The van der Waals surface area contributed by atoms with Crippen LogP contribution >= 0.6 is 0 Å². The third-order valence-electron chi connectivity index (χ3n) is 2.34. The summed E-state index contributed by atoms with van der Waals surface area (Å²) < 4.78 is 5.87. The van der Waals surface area contributed by atoms with Crippen molar-refractivity contribution in [1.82, 2.24) is 9.55 Å². The summed E-state index contributed by atoms with van der Waals surface area (Å²) in [5, 5.41) is 0. The van der Waals surface area contributed by atoms with E-state index in [0.29, 0.717) is 24.9 Å². The molecule has 7 heteroatoms. The molecular formula is C11H17N3O4. The number of aromatic amines is 1. The lowest BCUT2D eigenvalue weighted by Crippen LogP contribution is -2.34. The van der Waals surface area contributed by atoms with Gasteiger partial charge in [-0.05, 0) is 26.3 Å². The monoisotopic (exact) mass is 255 g/mol. The molecule has 0 saturated heterocycles. The van der Waals surface area contributed by atoms with Crippen LogP contribution in [0, 0.1) is 0 Å². The lowest BCUT2D eigenvalue weighted by Gasteiger charge is -2.06. The molecule has 0 atom stereocenters. The Hall–Kier alpha value is -1.89. The van der Waals surface area contributed by atoms with Crippen LogP contribution in [0.2, 0.25) is 0 Å². The molecule has 0 spiro atoms. The van der Waals surface area contributed by atoms with Crippen molar-refractivity contribution < 1.29 is 9.53 Å². The van der Waals surface area contributed by atoms with Crippen LogP contribution in [0.25, 0.3) is 0 Å². The summed E-state index contributed by atoms with van der Waals surface area (Å²) >= 11 is 0. The van der Waals surface area contributed by atoms with Crippen molar-refractivity contribution in [3.63, 3.8) is 0 Å². The van der Waals surface area contributed by atoms with E-state index in [1.807, 2.05) is 0 Å². The Morgan fingerprint density at radius 1 is 1.50 bits per heavy atom. The molecule has 0 aliphatic heterocycles. The van der Waals surface area contributed by atoms with Gasteiger partial charge in [0, 0.05) is 11.8 Å². The number of hydrogen-bond acceptors (Lipinski definition) is 5. The van der Waals surface area contributed by atoms with Crippen molar-refractivity contribution in [1.29, 1.82) is 0 Å². The highest BCUT2D eigenvalue weighted by Crippen LogP contribution is 1.94. The standard InChI is InChI=1S/C11H17N3O4/c1-2-18-9(15)7-14-6-8(4-3-5-12)10(16)13-11(14)17/h6H,2-5,7,12H2,1H3,(H,13,16,17). The Morgan fingerprint density at radius 3 is 2.83 bits per heavy atom. The number of nitrogens with one attached hydrogen (secondary N) is 1. The molecule has 3 N–H and O–H groups in total. The Labute approximate surface area is 104 Å². The number of aromatic nitrogens is 2. The van der Waals surface area contributed by atoms with Gasteiger partial charge in [0.05, 0.1) is 6.61 Å². The zero-order chi connectivity index (χ0) is 13.5. The summed E-state index contributed by atoms with van der Waals surface area (Å²) in [6.07, 6.45) is 2.49. The van der Waals surface area contributed by atoms with Crippen molar-refractivity contribution in [2.45, 2.75) is 26.3 Å². The first kappa shape index (κ1) is 14.2. The average molecular weight is 255 g/mol. The molecule has 0 fully saturated rings. The van der Waals surface area contributed by atoms with Gasteiger partial charge in [0.2, 0.25) is 0 Å². The van der Waals surface area contributed by atoms with E-state index in [1.54, 1.807) is 6.92 Å². The second-order valence-corrected chi connectivity index (χ2v) is 3.74. The fraction of sp³-hybridized carbons (Fsp3) is 0.545. The van der Waals surface area contributed by atoms with Gasteiger partial charge in [-0.1, -0.05) is 0 Å². The van der Waals surface area contributed by atoms with E-state index >= 15 is 0 Å². The maximum atomic E-state index is 11.5. The highest BCUT2D eigenvalue weighted by atomic mass is 16.5. The Bertz CT molecular complexity index is 518. The normalized spacial score (nSPS) is 10.3. The van der Waals surface area contributed by atoms with E-state index < -0.39 is 17.2 Å². The molecule has 0 aromatic carbocycles. The molecule has 7 nitrogen and oxygen atoms in total. The molecule has 0 saturated carbocycles. The molecule has 100 valence electrons. The number of H-pyrrole nitrogens is 1.